The first kappa shape index (κ1) is 14.2. The zero-order valence-electron chi connectivity index (χ0n) is 12.0. The SMILES string of the molecule is CC(C)CC(C)NCC(C)(C)c1ccccc1. The molecule has 1 unspecified atom stereocenters. The zero-order valence-corrected chi connectivity index (χ0v) is 12.0. The second kappa shape index (κ2) is 6.20. The van der Waals surface area contributed by atoms with Crippen LogP contribution in [0.3, 0.4) is 0 Å². The lowest BCUT2D eigenvalue weighted by atomic mass is 9.84. The Kier molecular flexibility index (Phi) is 5.20. The molecule has 17 heavy (non-hydrogen) atoms. The second-order valence-electron chi connectivity index (χ2n) is 6.16. The monoisotopic (exact) mass is 233 g/mol. The summed E-state index contributed by atoms with van der Waals surface area (Å²) in [5, 5.41) is 3.65. The lowest BCUT2D eigenvalue weighted by Gasteiger charge is -2.28. The van der Waals surface area contributed by atoms with Gasteiger partial charge in [-0.15, -0.1) is 0 Å². The Morgan fingerprint density at radius 1 is 1.06 bits per heavy atom. The molecule has 0 aliphatic rings. The molecule has 1 aromatic carbocycles. The first-order valence-corrected chi connectivity index (χ1v) is 6.71. The number of hydrogen-bond acceptors (Lipinski definition) is 1. The van der Waals surface area contributed by atoms with Crippen LogP contribution in [0.2, 0.25) is 0 Å². The molecule has 1 nitrogen and oxygen atoms in total. The zero-order chi connectivity index (χ0) is 12.9. The Hall–Kier alpha value is -0.820. The summed E-state index contributed by atoms with van der Waals surface area (Å²) in [5.74, 6) is 0.761. The van der Waals surface area contributed by atoms with E-state index in [0.29, 0.717) is 6.04 Å². The van der Waals surface area contributed by atoms with Gasteiger partial charge in [0.25, 0.3) is 0 Å². The van der Waals surface area contributed by atoms with Crippen molar-refractivity contribution in [2.24, 2.45) is 5.92 Å². The molecule has 1 rings (SSSR count). The Bertz CT molecular complexity index is 314. The predicted octanol–water partition coefficient (Wildman–Crippen LogP) is 3.99. The van der Waals surface area contributed by atoms with Crippen LogP contribution in [0.5, 0.6) is 0 Å². The van der Waals surface area contributed by atoms with Crippen molar-refractivity contribution >= 4 is 0 Å². The third-order valence-corrected chi connectivity index (χ3v) is 3.27. The highest BCUT2D eigenvalue weighted by atomic mass is 14.9. The van der Waals surface area contributed by atoms with E-state index in [-0.39, 0.29) is 5.41 Å². The van der Waals surface area contributed by atoms with Crippen molar-refractivity contribution < 1.29 is 0 Å². The van der Waals surface area contributed by atoms with E-state index in [1.807, 2.05) is 0 Å². The molecule has 0 bridgehead atoms. The molecule has 1 N–H and O–H groups in total. The second-order valence-corrected chi connectivity index (χ2v) is 6.16. The number of hydrogen-bond donors (Lipinski definition) is 1. The average Bonchev–Trinajstić information content (AvgIpc) is 2.27. The molecule has 0 spiro atoms. The Balaban J connectivity index is 2.50. The topological polar surface area (TPSA) is 12.0 Å². The summed E-state index contributed by atoms with van der Waals surface area (Å²) in [7, 11) is 0. The van der Waals surface area contributed by atoms with Crippen LogP contribution in [0.15, 0.2) is 30.3 Å². The first-order chi connectivity index (χ1) is 7.92. The fourth-order valence-electron chi connectivity index (χ4n) is 2.21. The van der Waals surface area contributed by atoms with Crippen LogP contribution in [0.4, 0.5) is 0 Å². The fraction of sp³-hybridized carbons (Fsp3) is 0.625. The highest BCUT2D eigenvalue weighted by molar-refractivity contribution is 5.23. The van der Waals surface area contributed by atoms with Crippen LogP contribution in [-0.4, -0.2) is 12.6 Å². The van der Waals surface area contributed by atoms with Crippen molar-refractivity contribution in [3.05, 3.63) is 35.9 Å². The lowest BCUT2D eigenvalue weighted by molar-refractivity contribution is 0.388. The third kappa shape index (κ3) is 4.91. The molecule has 0 saturated heterocycles. The van der Waals surface area contributed by atoms with Crippen molar-refractivity contribution in [1.82, 2.24) is 5.32 Å². The van der Waals surface area contributed by atoms with Crippen LogP contribution in [-0.2, 0) is 5.41 Å². The van der Waals surface area contributed by atoms with E-state index in [4.69, 9.17) is 0 Å². The van der Waals surface area contributed by atoms with E-state index in [9.17, 15) is 0 Å². The maximum absolute atomic E-state index is 3.65. The van der Waals surface area contributed by atoms with E-state index >= 15 is 0 Å². The molecular formula is C16H27N. The molecular weight excluding hydrogens is 206 g/mol. The minimum atomic E-state index is 0.201. The fourth-order valence-corrected chi connectivity index (χ4v) is 2.21. The molecule has 0 saturated carbocycles. The minimum Gasteiger partial charge on any atom is -0.313 e. The summed E-state index contributed by atoms with van der Waals surface area (Å²) < 4.78 is 0. The molecule has 1 atom stereocenters. The van der Waals surface area contributed by atoms with Crippen molar-refractivity contribution in [3.8, 4) is 0 Å². The molecule has 96 valence electrons. The quantitative estimate of drug-likeness (QED) is 0.783. The van der Waals surface area contributed by atoms with Gasteiger partial charge in [0.15, 0.2) is 0 Å². The van der Waals surface area contributed by atoms with Gasteiger partial charge in [0.1, 0.15) is 0 Å². The maximum Gasteiger partial charge on any atom is 0.00456 e. The molecule has 1 aromatic rings. The van der Waals surface area contributed by atoms with Crippen molar-refractivity contribution in [3.63, 3.8) is 0 Å². The normalized spacial score (nSPS) is 14.0. The highest BCUT2D eigenvalue weighted by Gasteiger charge is 2.20. The van der Waals surface area contributed by atoms with Crippen LogP contribution in [0.25, 0.3) is 0 Å². The largest absolute Gasteiger partial charge is 0.313 e. The number of nitrogens with one attached hydrogen (secondary N) is 1. The van der Waals surface area contributed by atoms with E-state index in [1.54, 1.807) is 0 Å². The Labute approximate surface area is 107 Å². The minimum absolute atomic E-state index is 0.201. The third-order valence-electron chi connectivity index (χ3n) is 3.27. The van der Waals surface area contributed by atoms with Gasteiger partial charge in [-0.1, -0.05) is 58.0 Å². The summed E-state index contributed by atoms with van der Waals surface area (Å²) in [4.78, 5) is 0. The van der Waals surface area contributed by atoms with Gasteiger partial charge in [-0.3, -0.25) is 0 Å². The smallest absolute Gasteiger partial charge is 0.00456 e. The molecule has 0 heterocycles. The van der Waals surface area contributed by atoms with Gasteiger partial charge in [-0.05, 0) is 24.8 Å². The molecule has 0 aliphatic carbocycles. The highest BCUT2D eigenvalue weighted by Crippen LogP contribution is 2.22. The van der Waals surface area contributed by atoms with Gasteiger partial charge in [0, 0.05) is 18.0 Å². The summed E-state index contributed by atoms with van der Waals surface area (Å²) in [6, 6.07) is 11.3. The molecule has 0 radical (unpaired) electrons. The van der Waals surface area contributed by atoms with Gasteiger partial charge in [0.05, 0.1) is 0 Å². The molecule has 0 aromatic heterocycles. The Morgan fingerprint density at radius 2 is 1.65 bits per heavy atom. The van der Waals surface area contributed by atoms with Crippen LogP contribution in [0, 0.1) is 5.92 Å². The lowest BCUT2D eigenvalue weighted by Crippen LogP contribution is -2.38. The predicted molar refractivity (Wildman–Crippen MR) is 76.4 cm³/mol. The van der Waals surface area contributed by atoms with E-state index in [1.165, 1.54) is 12.0 Å². The van der Waals surface area contributed by atoms with E-state index in [0.717, 1.165) is 12.5 Å². The van der Waals surface area contributed by atoms with Gasteiger partial charge in [-0.25, -0.2) is 0 Å². The summed E-state index contributed by atoms with van der Waals surface area (Å²) in [6.07, 6.45) is 1.24. The van der Waals surface area contributed by atoms with Gasteiger partial charge >= 0.3 is 0 Å². The van der Waals surface area contributed by atoms with Crippen LogP contribution in [0.1, 0.15) is 46.6 Å². The van der Waals surface area contributed by atoms with E-state index < -0.39 is 0 Å². The Morgan fingerprint density at radius 3 is 2.18 bits per heavy atom. The molecule has 0 amide bonds. The van der Waals surface area contributed by atoms with Crippen molar-refractivity contribution in [2.45, 2.75) is 52.5 Å². The summed E-state index contributed by atoms with van der Waals surface area (Å²) >= 11 is 0. The molecule has 0 aliphatic heterocycles. The van der Waals surface area contributed by atoms with Crippen LogP contribution >= 0.6 is 0 Å². The summed E-state index contributed by atoms with van der Waals surface area (Å²) in [6.45, 7) is 12.5. The molecule has 1 heteroatoms. The standard InChI is InChI=1S/C16H27N/c1-13(2)11-14(3)17-12-16(4,5)15-9-7-6-8-10-15/h6-10,13-14,17H,11-12H2,1-5H3. The number of rotatable bonds is 6. The first-order valence-electron chi connectivity index (χ1n) is 6.71. The maximum atomic E-state index is 3.65. The van der Waals surface area contributed by atoms with Gasteiger partial charge < -0.3 is 5.32 Å². The average molecular weight is 233 g/mol. The van der Waals surface area contributed by atoms with Crippen LogP contribution < -0.4 is 5.32 Å². The van der Waals surface area contributed by atoms with E-state index in [2.05, 4.69) is 70.3 Å². The van der Waals surface area contributed by atoms with Crippen molar-refractivity contribution in [1.29, 1.82) is 0 Å². The van der Waals surface area contributed by atoms with Gasteiger partial charge in [-0.2, -0.15) is 0 Å². The molecule has 0 fully saturated rings. The summed E-state index contributed by atoms with van der Waals surface area (Å²) in [5.41, 5.74) is 1.61. The number of benzene rings is 1. The van der Waals surface area contributed by atoms with Crippen molar-refractivity contribution in [2.75, 3.05) is 6.54 Å². The van der Waals surface area contributed by atoms with Gasteiger partial charge in [0.2, 0.25) is 0 Å².